The second-order valence-electron chi connectivity index (χ2n) is 6.29. The summed E-state index contributed by atoms with van der Waals surface area (Å²) in [7, 11) is 0. The zero-order valence-electron chi connectivity index (χ0n) is 15.8. The van der Waals surface area contributed by atoms with Crippen LogP contribution in [0.15, 0.2) is 54.6 Å². The molecule has 0 saturated heterocycles. The van der Waals surface area contributed by atoms with Gasteiger partial charge < -0.3 is 9.47 Å². The molecule has 142 valence electrons. The van der Waals surface area contributed by atoms with Gasteiger partial charge in [0.05, 0.1) is 6.61 Å². The van der Waals surface area contributed by atoms with Gasteiger partial charge in [-0.2, -0.15) is 0 Å². The van der Waals surface area contributed by atoms with Crippen LogP contribution in [0.2, 0.25) is 0 Å². The molecule has 0 aliphatic rings. The highest BCUT2D eigenvalue weighted by molar-refractivity contribution is 6.07. The van der Waals surface area contributed by atoms with Crippen LogP contribution in [0.5, 0.6) is 5.75 Å². The van der Waals surface area contributed by atoms with Crippen molar-refractivity contribution in [3.8, 4) is 5.75 Å². The van der Waals surface area contributed by atoms with Crippen molar-refractivity contribution in [2.45, 2.75) is 27.4 Å². The smallest absolute Gasteiger partial charge is 0.317 e. The van der Waals surface area contributed by atoms with E-state index in [1.807, 2.05) is 30.3 Å². The molecule has 0 aliphatic heterocycles. The first-order chi connectivity index (χ1) is 12.9. The molecule has 2 atom stereocenters. The van der Waals surface area contributed by atoms with E-state index >= 15 is 0 Å². The zero-order valence-corrected chi connectivity index (χ0v) is 15.8. The van der Waals surface area contributed by atoms with Crippen molar-refractivity contribution in [3.63, 3.8) is 0 Å². The first-order valence-electron chi connectivity index (χ1n) is 8.92. The molecule has 0 radical (unpaired) electrons. The molecule has 0 fully saturated rings. The summed E-state index contributed by atoms with van der Waals surface area (Å²) in [5, 5.41) is 0. The summed E-state index contributed by atoms with van der Waals surface area (Å²) in [6, 6.07) is 16.5. The Morgan fingerprint density at radius 1 is 0.963 bits per heavy atom. The Balaban J connectivity index is 2.05. The largest absolute Gasteiger partial charge is 0.489 e. The molecule has 27 heavy (non-hydrogen) atoms. The first-order valence-corrected chi connectivity index (χ1v) is 8.92. The van der Waals surface area contributed by atoms with Crippen LogP contribution in [0.3, 0.4) is 0 Å². The topological polar surface area (TPSA) is 69.7 Å². The number of carbonyl (C=O) groups excluding carboxylic acids is 3. The molecule has 2 unspecified atom stereocenters. The molecule has 2 aromatic rings. The average molecular weight is 368 g/mol. The quantitative estimate of drug-likeness (QED) is 0.382. The van der Waals surface area contributed by atoms with Gasteiger partial charge in [-0.3, -0.25) is 14.4 Å². The molecule has 0 bridgehead atoms. The van der Waals surface area contributed by atoms with Crippen molar-refractivity contribution in [2.75, 3.05) is 6.61 Å². The Morgan fingerprint density at radius 2 is 1.59 bits per heavy atom. The highest BCUT2D eigenvalue weighted by atomic mass is 16.5. The van der Waals surface area contributed by atoms with E-state index in [2.05, 4.69) is 0 Å². The summed E-state index contributed by atoms with van der Waals surface area (Å²) >= 11 is 0. The average Bonchev–Trinajstić information content (AvgIpc) is 2.67. The fourth-order valence-electron chi connectivity index (χ4n) is 2.82. The number of ketones is 2. The van der Waals surface area contributed by atoms with Gasteiger partial charge in [0.25, 0.3) is 0 Å². The molecule has 0 spiro atoms. The number of benzene rings is 2. The first kappa shape index (κ1) is 20.4. The van der Waals surface area contributed by atoms with E-state index < -0.39 is 17.8 Å². The van der Waals surface area contributed by atoms with E-state index in [1.165, 1.54) is 6.92 Å². The molecule has 5 nitrogen and oxygen atoms in total. The maximum absolute atomic E-state index is 12.7. The zero-order chi connectivity index (χ0) is 19.8. The third-order valence-electron chi connectivity index (χ3n) is 4.28. The minimum atomic E-state index is -1.09. The Hall–Kier alpha value is -2.95. The lowest BCUT2D eigenvalue weighted by Crippen LogP contribution is -2.34. The number of carbonyl (C=O) groups is 3. The van der Waals surface area contributed by atoms with Crippen LogP contribution in [0.1, 0.15) is 36.7 Å². The minimum Gasteiger partial charge on any atom is -0.489 e. The molecule has 0 saturated carbocycles. The Bertz CT molecular complexity index is 780. The lowest BCUT2D eigenvalue weighted by Gasteiger charge is -2.19. The normalized spacial score (nSPS) is 12.7. The fraction of sp³-hybridized carbons (Fsp3) is 0.318. The lowest BCUT2D eigenvalue weighted by atomic mass is 9.85. The Morgan fingerprint density at radius 3 is 2.15 bits per heavy atom. The summed E-state index contributed by atoms with van der Waals surface area (Å²) in [6.07, 6.45) is 0. The molecule has 5 heteroatoms. The standard InChI is InChI=1S/C22H24O5/c1-4-26-22(25)20(16(3)23)15(2)21(24)18-10-12-19(13-11-18)27-14-17-8-6-5-7-9-17/h5-13,15,20H,4,14H2,1-3H3. The van der Waals surface area contributed by atoms with E-state index in [1.54, 1.807) is 38.1 Å². The third kappa shape index (κ3) is 5.51. The van der Waals surface area contributed by atoms with Crippen molar-refractivity contribution >= 4 is 17.5 Å². The van der Waals surface area contributed by atoms with Crippen LogP contribution in [-0.2, 0) is 20.9 Å². The summed E-state index contributed by atoms with van der Waals surface area (Å²) in [6.45, 7) is 5.13. The molecule has 2 aromatic carbocycles. The van der Waals surface area contributed by atoms with Gasteiger partial charge in [-0.1, -0.05) is 37.3 Å². The maximum Gasteiger partial charge on any atom is 0.317 e. The van der Waals surface area contributed by atoms with Crippen molar-refractivity contribution < 1.29 is 23.9 Å². The molecular formula is C22H24O5. The SMILES string of the molecule is CCOC(=O)C(C(C)=O)C(C)C(=O)c1ccc(OCc2ccccc2)cc1. The molecule has 0 heterocycles. The summed E-state index contributed by atoms with van der Waals surface area (Å²) in [5.74, 6) is -2.57. The fourth-order valence-corrected chi connectivity index (χ4v) is 2.82. The Labute approximate surface area is 159 Å². The van der Waals surface area contributed by atoms with Gasteiger partial charge >= 0.3 is 5.97 Å². The van der Waals surface area contributed by atoms with Gasteiger partial charge in [0.2, 0.25) is 0 Å². The van der Waals surface area contributed by atoms with Crippen LogP contribution in [0.4, 0.5) is 0 Å². The van der Waals surface area contributed by atoms with Gasteiger partial charge in [0.15, 0.2) is 5.78 Å². The van der Waals surface area contributed by atoms with Gasteiger partial charge in [-0.15, -0.1) is 0 Å². The van der Waals surface area contributed by atoms with Gasteiger partial charge in [0, 0.05) is 11.5 Å². The number of esters is 1. The maximum atomic E-state index is 12.7. The minimum absolute atomic E-state index is 0.164. The van der Waals surface area contributed by atoms with E-state index in [4.69, 9.17) is 9.47 Å². The van der Waals surface area contributed by atoms with Crippen molar-refractivity contribution in [1.29, 1.82) is 0 Å². The van der Waals surface area contributed by atoms with Crippen LogP contribution in [-0.4, -0.2) is 24.1 Å². The van der Waals surface area contributed by atoms with Gasteiger partial charge in [-0.25, -0.2) is 0 Å². The number of Topliss-reactive ketones (excluding diaryl/α,β-unsaturated/α-hetero) is 2. The van der Waals surface area contributed by atoms with Crippen molar-refractivity contribution in [3.05, 3.63) is 65.7 Å². The molecule has 0 amide bonds. The van der Waals surface area contributed by atoms with Crippen LogP contribution in [0.25, 0.3) is 0 Å². The second kappa shape index (κ2) is 9.67. The molecule has 0 aliphatic carbocycles. The summed E-state index contributed by atoms with van der Waals surface area (Å²) in [5.41, 5.74) is 1.47. The van der Waals surface area contributed by atoms with Crippen LogP contribution >= 0.6 is 0 Å². The number of hydrogen-bond acceptors (Lipinski definition) is 5. The molecule has 2 rings (SSSR count). The van der Waals surface area contributed by atoms with Crippen LogP contribution < -0.4 is 4.74 Å². The summed E-state index contributed by atoms with van der Waals surface area (Å²) in [4.78, 5) is 36.5. The van der Waals surface area contributed by atoms with E-state index in [0.717, 1.165) is 5.56 Å². The number of hydrogen-bond donors (Lipinski definition) is 0. The number of ether oxygens (including phenoxy) is 2. The molecular weight excluding hydrogens is 344 g/mol. The summed E-state index contributed by atoms with van der Waals surface area (Å²) < 4.78 is 10.6. The van der Waals surface area contributed by atoms with Crippen LogP contribution in [0, 0.1) is 11.8 Å². The predicted octanol–water partition coefficient (Wildman–Crippen LogP) is 3.85. The third-order valence-corrected chi connectivity index (χ3v) is 4.28. The molecule has 0 N–H and O–H groups in total. The monoisotopic (exact) mass is 368 g/mol. The van der Waals surface area contributed by atoms with E-state index in [-0.39, 0.29) is 18.2 Å². The number of rotatable bonds is 9. The molecule has 0 aromatic heterocycles. The van der Waals surface area contributed by atoms with E-state index in [9.17, 15) is 14.4 Å². The highest BCUT2D eigenvalue weighted by Crippen LogP contribution is 2.22. The van der Waals surface area contributed by atoms with Gasteiger partial charge in [-0.05, 0) is 43.7 Å². The van der Waals surface area contributed by atoms with E-state index in [0.29, 0.717) is 17.9 Å². The highest BCUT2D eigenvalue weighted by Gasteiger charge is 2.35. The van der Waals surface area contributed by atoms with Gasteiger partial charge in [0.1, 0.15) is 24.1 Å². The lowest BCUT2D eigenvalue weighted by molar-refractivity contribution is -0.152. The van der Waals surface area contributed by atoms with Crippen molar-refractivity contribution in [1.82, 2.24) is 0 Å². The predicted molar refractivity (Wildman–Crippen MR) is 102 cm³/mol. The Kier molecular flexibility index (Phi) is 7.29. The van der Waals surface area contributed by atoms with Crippen molar-refractivity contribution in [2.24, 2.45) is 11.8 Å². The second-order valence-corrected chi connectivity index (χ2v) is 6.29.